The number of azo groups is 1. The minimum Gasteiger partial charge on any atom is -0.263 e. The molecule has 0 N–H and O–H groups in total. The van der Waals surface area contributed by atoms with Crippen LogP contribution in [0.4, 0.5) is 5.69 Å². The molecule has 4 heteroatoms. The number of benzene rings is 1. The van der Waals surface area contributed by atoms with Crippen LogP contribution in [0.1, 0.15) is 5.56 Å². The molecular weight excluding hydrogens is 178 g/mol. The van der Waals surface area contributed by atoms with Gasteiger partial charge in [-0.2, -0.15) is 5.11 Å². The Labute approximate surface area is 79.7 Å². The van der Waals surface area contributed by atoms with Crippen molar-refractivity contribution >= 4 is 22.9 Å². The third-order valence-electron chi connectivity index (χ3n) is 2.22. The molecule has 4 nitrogen and oxygen atoms in total. The quantitative estimate of drug-likeness (QED) is 0.607. The molecule has 2 aliphatic heterocycles. The summed E-state index contributed by atoms with van der Waals surface area (Å²) in [6.07, 6.45) is 1.58. The first-order chi connectivity index (χ1) is 6.86. The average molecular weight is 183 g/mol. The topological polar surface area (TPSA) is 54.1 Å². The average Bonchev–Trinajstić information content (AvgIpc) is 2.59. The maximum Gasteiger partial charge on any atom is 0.314 e. The normalized spacial score (nSPS) is 17.3. The van der Waals surface area contributed by atoms with Gasteiger partial charge >= 0.3 is 5.91 Å². The predicted molar refractivity (Wildman–Crippen MR) is 51.4 cm³/mol. The standard InChI is InChI=1S/C10H5N3O/c14-10-9-7(5-11-13-10)6-3-1-2-4-8(6)12-9/h1-5H. The highest BCUT2D eigenvalue weighted by atomic mass is 16.2. The fourth-order valence-corrected chi connectivity index (χ4v) is 1.59. The molecule has 14 heavy (non-hydrogen) atoms. The van der Waals surface area contributed by atoms with Gasteiger partial charge in [0.2, 0.25) is 0 Å². The molecule has 0 saturated heterocycles. The van der Waals surface area contributed by atoms with E-state index in [-0.39, 0.29) is 5.91 Å². The van der Waals surface area contributed by atoms with Crippen molar-refractivity contribution in [1.29, 1.82) is 0 Å². The molecule has 1 aromatic carbocycles. The van der Waals surface area contributed by atoms with Crippen LogP contribution < -0.4 is 0 Å². The van der Waals surface area contributed by atoms with Gasteiger partial charge < -0.3 is 0 Å². The van der Waals surface area contributed by atoms with Gasteiger partial charge in [-0.3, -0.25) is 4.79 Å². The smallest absolute Gasteiger partial charge is 0.263 e. The molecule has 0 unspecified atom stereocenters. The van der Waals surface area contributed by atoms with E-state index >= 15 is 0 Å². The van der Waals surface area contributed by atoms with E-state index in [1.54, 1.807) is 6.20 Å². The predicted octanol–water partition coefficient (Wildman–Crippen LogP) is 2.11. The zero-order valence-electron chi connectivity index (χ0n) is 7.14. The first kappa shape index (κ1) is 7.32. The Hall–Kier alpha value is -2.10. The highest BCUT2D eigenvalue weighted by Crippen LogP contribution is 2.35. The monoisotopic (exact) mass is 183 g/mol. The second-order valence-corrected chi connectivity index (χ2v) is 3.04. The lowest BCUT2D eigenvalue weighted by Crippen LogP contribution is -2.12. The highest BCUT2D eigenvalue weighted by molar-refractivity contribution is 6.58. The van der Waals surface area contributed by atoms with E-state index in [2.05, 4.69) is 15.2 Å². The Morgan fingerprint density at radius 3 is 2.93 bits per heavy atom. The van der Waals surface area contributed by atoms with Gasteiger partial charge in [0.25, 0.3) is 0 Å². The molecule has 0 atom stereocenters. The third kappa shape index (κ3) is 0.821. The summed E-state index contributed by atoms with van der Waals surface area (Å²) in [7, 11) is 0. The first-order valence-corrected chi connectivity index (χ1v) is 4.20. The number of para-hydroxylation sites is 1. The fourth-order valence-electron chi connectivity index (χ4n) is 1.59. The zero-order valence-corrected chi connectivity index (χ0v) is 7.14. The van der Waals surface area contributed by atoms with Gasteiger partial charge in [-0.25, -0.2) is 4.99 Å². The van der Waals surface area contributed by atoms with Crippen molar-refractivity contribution in [2.24, 2.45) is 15.2 Å². The number of hydrogen-bond acceptors (Lipinski definition) is 3. The summed E-state index contributed by atoms with van der Waals surface area (Å²) in [5, 5.41) is 7.07. The molecular formula is C10H5N3O. The molecule has 1 aromatic rings. The highest BCUT2D eigenvalue weighted by Gasteiger charge is 2.27. The zero-order chi connectivity index (χ0) is 9.54. The lowest BCUT2D eigenvalue weighted by Gasteiger charge is -2.01. The Morgan fingerprint density at radius 1 is 1.14 bits per heavy atom. The van der Waals surface area contributed by atoms with Crippen LogP contribution in [0.5, 0.6) is 0 Å². The first-order valence-electron chi connectivity index (χ1n) is 4.20. The summed E-state index contributed by atoms with van der Waals surface area (Å²) in [6.45, 7) is 0. The van der Waals surface area contributed by atoms with Crippen molar-refractivity contribution in [2.75, 3.05) is 0 Å². The SMILES string of the molecule is O=C1N=NC=C2C1=Nc1ccccc12. The molecule has 0 fully saturated rings. The lowest BCUT2D eigenvalue weighted by molar-refractivity contribution is -0.112. The molecule has 0 aromatic heterocycles. The van der Waals surface area contributed by atoms with Gasteiger partial charge in [0, 0.05) is 11.1 Å². The van der Waals surface area contributed by atoms with E-state index in [1.807, 2.05) is 24.3 Å². The summed E-state index contributed by atoms with van der Waals surface area (Å²) in [4.78, 5) is 15.5. The molecule has 0 spiro atoms. The second kappa shape index (κ2) is 2.45. The number of amides is 1. The molecule has 66 valence electrons. The Kier molecular flexibility index (Phi) is 1.28. The van der Waals surface area contributed by atoms with E-state index in [0.29, 0.717) is 5.71 Å². The van der Waals surface area contributed by atoms with Crippen LogP contribution in [0.3, 0.4) is 0 Å². The number of nitrogens with zero attached hydrogens (tertiary/aromatic N) is 3. The molecule has 3 rings (SSSR count). The summed E-state index contributed by atoms with van der Waals surface area (Å²) in [6, 6.07) is 7.59. The van der Waals surface area contributed by atoms with Crippen LogP contribution in [0.15, 0.2) is 45.7 Å². The van der Waals surface area contributed by atoms with Gasteiger partial charge in [0.05, 0.1) is 11.9 Å². The number of carbonyl (C=O) groups excluding carboxylic acids is 1. The van der Waals surface area contributed by atoms with Crippen molar-refractivity contribution in [3.8, 4) is 0 Å². The van der Waals surface area contributed by atoms with Crippen molar-refractivity contribution in [1.82, 2.24) is 0 Å². The number of aliphatic imine (C=N–C) groups is 1. The number of hydrogen-bond donors (Lipinski definition) is 0. The van der Waals surface area contributed by atoms with E-state index in [1.165, 1.54) is 0 Å². The molecule has 2 aliphatic rings. The molecule has 0 radical (unpaired) electrons. The molecule has 0 aliphatic carbocycles. The summed E-state index contributed by atoms with van der Waals surface area (Å²) >= 11 is 0. The molecule has 2 heterocycles. The molecule has 1 amide bonds. The van der Waals surface area contributed by atoms with Crippen LogP contribution in [0, 0.1) is 0 Å². The van der Waals surface area contributed by atoms with Crippen LogP contribution in [-0.4, -0.2) is 11.6 Å². The number of fused-ring (bicyclic) bond motifs is 3. The molecule has 0 bridgehead atoms. The van der Waals surface area contributed by atoms with E-state index in [9.17, 15) is 4.79 Å². The van der Waals surface area contributed by atoms with E-state index in [0.717, 1.165) is 16.8 Å². The Bertz CT molecular complexity index is 526. The number of rotatable bonds is 0. The van der Waals surface area contributed by atoms with Crippen LogP contribution in [0.25, 0.3) is 5.57 Å². The van der Waals surface area contributed by atoms with Crippen LogP contribution in [0.2, 0.25) is 0 Å². The Morgan fingerprint density at radius 2 is 2.00 bits per heavy atom. The number of carbonyl (C=O) groups is 1. The van der Waals surface area contributed by atoms with E-state index < -0.39 is 0 Å². The maximum absolute atomic E-state index is 11.3. The van der Waals surface area contributed by atoms with Crippen molar-refractivity contribution in [2.45, 2.75) is 0 Å². The second-order valence-electron chi connectivity index (χ2n) is 3.04. The van der Waals surface area contributed by atoms with Crippen LogP contribution >= 0.6 is 0 Å². The lowest BCUT2D eigenvalue weighted by atomic mass is 10.0. The van der Waals surface area contributed by atoms with Crippen LogP contribution in [-0.2, 0) is 4.79 Å². The van der Waals surface area contributed by atoms with Gasteiger partial charge in [-0.1, -0.05) is 18.2 Å². The minimum absolute atomic E-state index is 0.362. The maximum atomic E-state index is 11.3. The van der Waals surface area contributed by atoms with Crippen molar-refractivity contribution in [3.05, 3.63) is 36.0 Å². The van der Waals surface area contributed by atoms with Crippen molar-refractivity contribution < 1.29 is 4.79 Å². The summed E-state index contributed by atoms with van der Waals surface area (Å²) in [5.41, 5.74) is 2.95. The van der Waals surface area contributed by atoms with Gasteiger partial charge in [-0.15, -0.1) is 5.11 Å². The minimum atomic E-state index is -0.362. The van der Waals surface area contributed by atoms with Gasteiger partial charge in [-0.05, 0) is 6.07 Å². The van der Waals surface area contributed by atoms with Crippen molar-refractivity contribution in [3.63, 3.8) is 0 Å². The summed E-state index contributed by atoms with van der Waals surface area (Å²) in [5.74, 6) is -0.362. The fraction of sp³-hybridized carbons (Fsp3) is 0. The third-order valence-corrected chi connectivity index (χ3v) is 2.22. The largest absolute Gasteiger partial charge is 0.314 e. The van der Waals surface area contributed by atoms with Gasteiger partial charge in [0.1, 0.15) is 5.71 Å². The molecule has 0 saturated carbocycles. The summed E-state index contributed by atoms with van der Waals surface area (Å²) < 4.78 is 0. The van der Waals surface area contributed by atoms with E-state index in [4.69, 9.17) is 0 Å². The van der Waals surface area contributed by atoms with Gasteiger partial charge in [0.15, 0.2) is 0 Å². The Balaban J connectivity index is 2.29.